The number of para-hydroxylation sites is 1. The Labute approximate surface area is 138 Å². The predicted octanol–water partition coefficient (Wildman–Crippen LogP) is 3.85. The van der Waals surface area contributed by atoms with E-state index >= 15 is 0 Å². The number of thiazole rings is 1. The lowest BCUT2D eigenvalue weighted by Crippen LogP contribution is -2.36. The Kier molecular flexibility index (Phi) is 4.34. The van der Waals surface area contributed by atoms with Crippen molar-refractivity contribution in [2.24, 2.45) is 0 Å². The molecule has 0 atom stereocenters. The smallest absolute Gasteiger partial charge is 0.317 e. The molecule has 0 aliphatic carbocycles. The Morgan fingerprint density at radius 2 is 2.13 bits per heavy atom. The maximum Gasteiger partial charge on any atom is 0.317 e. The van der Waals surface area contributed by atoms with Gasteiger partial charge in [0.05, 0.1) is 18.8 Å². The minimum absolute atomic E-state index is 0.143. The number of fused-ring (bicyclic) bond motifs is 1. The van der Waals surface area contributed by atoms with Crippen molar-refractivity contribution >= 4 is 28.3 Å². The number of rotatable bonds is 4. The SMILES string of the molecule is Cc1nc(CNC(=O)N(C)Cc2cc3ccccc3o2)sc1C. The third-order valence-corrected chi connectivity index (χ3v) is 4.75. The molecular weight excluding hydrogens is 310 g/mol. The molecule has 0 saturated carbocycles. The van der Waals surface area contributed by atoms with E-state index in [4.69, 9.17) is 4.42 Å². The summed E-state index contributed by atoms with van der Waals surface area (Å²) in [7, 11) is 1.75. The molecule has 2 heterocycles. The zero-order valence-corrected chi connectivity index (χ0v) is 14.2. The van der Waals surface area contributed by atoms with Gasteiger partial charge in [0.1, 0.15) is 16.4 Å². The number of urea groups is 1. The first-order valence-corrected chi connectivity index (χ1v) is 8.24. The van der Waals surface area contributed by atoms with E-state index in [-0.39, 0.29) is 6.03 Å². The number of carbonyl (C=O) groups excluding carboxylic acids is 1. The molecule has 0 saturated heterocycles. The molecule has 120 valence electrons. The molecular formula is C17H19N3O2S. The van der Waals surface area contributed by atoms with Gasteiger partial charge in [-0.25, -0.2) is 9.78 Å². The van der Waals surface area contributed by atoms with Crippen molar-refractivity contribution in [2.75, 3.05) is 7.05 Å². The zero-order valence-electron chi connectivity index (χ0n) is 13.4. The number of hydrogen-bond donors (Lipinski definition) is 1. The van der Waals surface area contributed by atoms with Crippen LogP contribution in [0.5, 0.6) is 0 Å². The fraction of sp³-hybridized carbons (Fsp3) is 0.294. The lowest BCUT2D eigenvalue weighted by atomic mass is 10.2. The Morgan fingerprint density at radius 1 is 1.35 bits per heavy atom. The number of aryl methyl sites for hydroxylation is 2. The van der Waals surface area contributed by atoms with Gasteiger partial charge in [-0.2, -0.15) is 0 Å². The average Bonchev–Trinajstić information content (AvgIpc) is 3.07. The highest BCUT2D eigenvalue weighted by molar-refractivity contribution is 7.11. The van der Waals surface area contributed by atoms with Crippen molar-refractivity contribution in [1.82, 2.24) is 15.2 Å². The Bertz CT molecular complexity index is 785. The number of furan rings is 1. The summed E-state index contributed by atoms with van der Waals surface area (Å²) in [6.07, 6.45) is 0. The van der Waals surface area contributed by atoms with E-state index in [9.17, 15) is 4.79 Å². The molecule has 2 aromatic heterocycles. The van der Waals surface area contributed by atoms with Crippen LogP contribution in [0, 0.1) is 13.8 Å². The van der Waals surface area contributed by atoms with Crippen molar-refractivity contribution in [1.29, 1.82) is 0 Å². The molecule has 0 radical (unpaired) electrons. The summed E-state index contributed by atoms with van der Waals surface area (Å²) in [5, 5.41) is 4.85. The van der Waals surface area contributed by atoms with Crippen LogP contribution in [-0.4, -0.2) is 23.0 Å². The summed E-state index contributed by atoms with van der Waals surface area (Å²) in [6.45, 7) is 4.88. The molecule has 3 aromatic rings. The molecule has 3 rings (SSSR count). The lowest BCUT2D eigenvalue weighted by molar-refractivity contribution is 0.203. The predicted molar refractivity (Wildman–Crippen MR) is 91.5 cm³/mol. The van der Waals surface area contributed by atoms with Crippen LogP contribution in [0.3, 0.4) is 0 Å². The lowest BCUT2D eigenvalue weighted by Gasteiger charge is -2.16. The summed E-state index contributed by atoms with van der Waals surface area (Å²) >= 11 is 1.61. The molecule has 0 aliphatic rings. The third kappa shape index (κ3) is 3.53. The number of nitrogens with zero attached hydrogens (tertiary/aromatic N) is 2. The van der Waals surface area contributed by atoms with Gasteiger partial charge in [0.2, 0.25) is 0 Å². The van der Waals surface area contributed by atoms with Crippen LogP contribution >= 0.6 is 11.3 Å². The normalized spacial score (nSPS) is 10.9. The van der Waals surface area contributed by atoms with E-state index in [1.165, 1.54) is 4.88 Å². The zero-order chi connectivity index (χ0) is 16.4. The second kappa shape index (κ2) is 6.42. The molecule has 6 heteroatoms. The maximum absolute atomic E-state index is 12.2. The molecule has 1 aromatic carbocycles. The van der Waals surface area contributed by atoms with Crippen LogP contribution in [0.1, 0.15) is 21.3 Å². The van der Waals surface area contributed by atoms with Gasteiger partial charge >= 0.3 is 6.03 Å². The number of aromatic nitrogens is 1. The number of carbonyl (C=O) groups is 1. The molecule has 1 N–H and O–H groups in total. The minimum atomic E-state index is -0.143. The van der Waals surface area contributed by atoms with Crippen LogP contribution < -0.4 is 5.32 Å². The van der Waals surface area contributed by atoms with Gasteiger partial charge in [-0.05, 0) is 26.0 Å². The van der Waals surface area contributed by atoms with E-state index in [0.717, 1.165) is 27.4 Å². The van der Waals surface area contributed by atoms with Crippen LogP contribution in [0.15, 0.2) is 34.7 Å². The first kappa shape index (κ1) is 15.6. The van der Waals surface area contributed by atoms with E-state index in [0.29, 0.717) is 13.1 Å². The van der Waals surface area contributed by atoms with Crippen LogP contribution in [0.2, 0.25) is 0 Å². The highest BCUT2D eigenvalue weighted by atomic mass is 32.1. The maximum atomic E-state index is 12.2. The topological polar surface area (TPSA) is 58.4 Å². The van der Waals surface area contributed by atoms with E-state index in [1.807, 2.05) is 44.2 Å². The van der Waals surface area contributed by atoms with Crippen LogP contribution in [0.4, 0.5) is 4.79 Å². The number of amides is 2. The Morgan fingerprint density at radius 3 is 2.83 bits per heavy atom. The fourth-order valence-corrected chi connectivity index (χ4v) is 3.19. The molecule has 2 amide bonds. The Balaban J connectivity index is 1.58. The standard InChI is InChI=1S/C17H19N3O2S/c1-11-12(2)23-16(19-11)9-18-17(21)20(3)10-14-8-13-6-4-5-7-15(13)22-14/h4-8H,9-10H2,1-3H3,(H,18,21). The first-order valence-electron chi connectivity index (χ1n) is 7.42. The largest absolute Gasteiger partial charge is 0.459 e. The van der Waals surface area contributed by atoms with Gasteiger partial charge in [-0.1, -0.05) is 18.2 Å². The van der Waals surface area contributed by atoms with Crippen molar-refractivity contribution in [3.63, 3.8) is 0 Å². The first-order chi connectivity index (χ1) is 11.0. The Hall–Kier alpha value is -2.34. The summed E-state index contributed by atoms with van der Waals surface area (Å²) in [5.41, 5.74) is 1.86. The van der Waals surface area contributed by atoms with Gasteiger partial charge in [0.15, 0.2) is 0 Å². The van der Waals surface area contributed by atoms with E-state index in [1.54, 1.807) is 23.3 Å². The fourth-order valence-electron chi connectivity index (χ4n) is 2.32. The molecule has 23 heavy (non-hydrogen) atoms. The highest BCUT2D eigenvalue weighted by Gasteiger charge is 2.13. The molecule has 0 bridgehead atoms. The molecule has 0 fully saturated rings. The van der Waals surface area contributed by atoms with Crippen LogP contribution in [0.25, 0.3) is 11.0 Å². The average molecular weight is 329 g/mol. The molecule has 0 aliphatic heterocycles. The third-order valence-electron chi connectivity index (χ3n) is 3.68. The summed E-state index contributed by atoms with van der Waals surface area (Å²) in [5.74, 6) is 0.768. The van der Waals surface area contributed by atoms with Gasteiger partial charge < -0.3 is 14.6 Å². The van der Waals surface area contributed by atoms with Gasteiger partial charge in [-0.15, -0.1) is 11.3 Å². The highest BCUT2D eigenvalue weighted by Crippen LogP contribution is 2.20. The van der Waals surface area contributed by atoms with E-state index < -0.39 is 0 Å². The second-order valence-corrected chi connectivity index (χ2v) is 6.80. The van der Waals surface area contributed by atoms with Gasteiger partial charge in [-0.3, -0.25) is 0 Å². The minimum Gasteiger partial charge on any atom is -0.459 e. The quantitative estimate of drug-likeness (QED) is 0.791. The van der Waals surface area contributed by atoms with Gasteiger partial charge in [0, 0.05) is 17.3 Å². The molecule has 5 nitrogen and oxygen atoms in total. The molecule has 0 spiro atoms. The monoisotopic (exact) mass is 329 g/mol. The number of hydrogen-bond acceptors (Lipinski definition) is 4. The molecule has 0 unspecified atom stereocenters. The van der Waals surface area contributed by atoms with Crippen molar-refractivity contribution in [3.05, 3.63) is 51.7 Å². The van der Waals surface area contributed by atoms with Crippen molar-refractivity contribution in [2.45, 2.75) is 26.9 Å². The van der Waals surface area contributed by atoms with Gasteiger partial charge in [0.25, 0.3) is 0 Å². The summed E-state index contributed by atoms with van der Waals surface area (Å²) in [4.78, 5) is 19.4. The number of benzene rings is 1. The van der Waals surface area contributed by atoms with E-state index in [2.05, 4.69) is 10.3 Å². The van der Waals surface area contributed by atoms with Crippen molar-refractivity contribution in [3.8, 4) is 0 Å². The number of nitrogens with one attached hydrogen (secondary N) is 1. The van der Waals surface area contributed by atoms with Crippen LogP contribution in [-0.2, 0) is 13.1 Å². The second-order valence-electron chi connectivity index (χ2n) is 5.51. The van der Waals surface area contributed by atoms with Crippen molar-refractivity contribution < 1.29 is 9.21 Å². The summed E-state index contributed by atoms with van der Waals surface area (Å²) in [6, 6.07) is 9.64. The summed E-state index contributed by atoms with van der Waals surface area (Å²) < 4.78 is 5.74.